The number of amides is 2. The van der Waals surface area contributed by atoms with E-state index < -0.39 is 0 Å². The summed E-state index contributed by atoms with van der Waals surface area (Å²) in [5.74, 6) is 0.497. The van der Waals surface area contributed by atoms with Crippen molar-refractivity contribution >= 4 is 46.1 Å². The average molecular weight is 430 g/mol. The summed E-state index contributed by atoms with van der Waals surface area (Å²) in [7, 11) is 1.70. The topological polar surface area (TPSA) is 71.5 Å². The van der Waals surface area contributed by atoms with Gasteiger partial charge < -0.3 is 15.0 Å². The predicted octanol–water partition coefficient (Wildman–Crippen LogP) is 4.54. The van der Waals surface area contributed by atoms with E-state index in [2.05, 4.69) is 10.3 Å². The maximum Gasteiger partial charge on any atom is 0.230 e. The van der Waals surface area contributed by atoms with E-state index in [1.807, 2.05) is 5.38 Å². The minimum Gasteiger partial charge on any atom is -0.486 e. The normalized spacial score (nSPS) is 10.4. The number of rotatable bonds is 7. The van der Waals surface area contributed by atoms with Gasteiger partial charge in [0.05, 0.1) is 12.1 Å². The van der Waals surface area contributed by atoms with E-state index in [0.29, 0.717) is 28.8 Å². The summed E-state index contributed by atoms with van der Waals surface area (Å²) in [5, 5.41) is 6.13. The van der Waals surface area contributed by atoms with Gasteiger partial charge in [-0.1, -0.05) is 11.6 Å². The third kappa shape index (κ3) is 6.04. The Balaban J connectivity index is 1.50. The molecule has 0 fully saturated rings. The molecule has 3 aromatic rings. The van der Waals surface area contributed by atoms with Crippen LogP contribution in [0.15, 0.2) is 53.9 Å². The van der Waals surface area contributed by atoms with E-state index in [4.69, 9.17) is 16.3 Å². The van der Waals surface area contributed by atoms with Gasteiger partial charge in [-0.05, 0) is 48.5 Å². The zero-order valence-corrected chi connectivity index (χ0v) is 17.6. The smallest absolute Gasteiger partial charge is 0.230 e. The number of nitrogens with one attached hydrogen (secondary N) is 1. The first-order valence-electron chi connectivity index (χ1n) is 8.86. The molecule has 6 nitrogen and oxygen atoms in total. The van der Waals surface area contributed by atoms with Crippen molar-refractivity contribution in [2.75, 3.05) is 17.3 Å². The molecule has 1 aromatic heterocycles. The fourth-order valence-electron chi connectivity index (χ4n) is 2.49. The monoisotopic (exact) mass is 429 g/mol. The van der Waals surface area contributed by atoms with Crippen LogP contribution >= 0.6 is 22.9 Å². The first kappa shape index (κ1) is 20.8. The molecule has 0 atom stereocenters. The van der Waals surface area contributed by atoms with E-state index >= 15 is 0 Å². The average Bonchev–Trinajstić information content (AvgIpc) is 3.14. The SMILES string of the molecule is CC(=O)N(C)c1ccc(NC(=O)Cc2csc(COc3ccc(Cl)cc3)n2)cc1. The Morgan fingerprint density at radius 3 is 2.48 bits per heavy atom. The minimum atomic E-state index is -0.159. The molecule has 0 aliphatic rings. The van der Waals surface area contributed by atoms with Crippen LogP contribution in [0.2, 0.25) is 5.02 Å². The first-order chi connectivity index (χ1) is 13.9. The first-order valence-corrected chi connectivity index (χ1v) is 10.1. The van der Waals surface area contributed by atoms with Gasteiger partial charge in [0.15, 0.2) is 0 Å². The Morgan fingerprint density at radius 1 is 1.14 bits per heavy atom. The van der Waals surface area contributed by atoms with Crippen molar-refractivity contribution in [3.63, 3.8) is 0 Å². The van der Waals surface area contributed by atoms with Crippen LogP contribution in [0.25, 0.3) is 0 Å². The quantitative estimate of drug-likeness (QED) is 0.598. The third-order valence-corrected chi connectivity index (χ3v) is 5.25. The van der Waals surface area contributed by atoms with Crippen molar-refractivity contribution in [1.82, 2.24) is 4.98 Å². The van der Waals surface area contributed by atoms with Crippen molar-refractivity contribution < 1.29 is 14.3 Å². The second kappa shape index (κ2) is 9.54. The summed E-state index contributed by atoms with van der Waals surface area (Å²) in [6, 6.07) is 14.2. The maximum absolute atomic E-state index is 12.3. The lowest BCUT2D eigenvalue weighted by Crippen LogP contribution is -2.22. The fourth-order valence-corrected chi connectivity index (χ4v) is 3.32. The van der Waals surface area contributed by atoms with E-state index in [1.165, 1.54) is 23.2 Å². The van der Waals surface area contributed by atoms with Gasteiger partial charge in [0, 0.05) is 35.7 Å². The highest BCUT2D eigenvalue weighted by atomic mass is 35.5. The zero-order valence-electron chi connectivity index (χ0n) is 16.0. The van der Waals surface area contributed by atoms with Crippen LogP contribution in [-0.4, -0.2) is 23.8 Å². The number of carbonyl (C=O) groups excluding carboxylic acids is 2. The number of aromatic nitrogens is 1. The highest BCUT2D eigenvalue weighted by Gasteiger charge is 2.10. The molecule has 1 N–H and O–H groups in total. The van der Waals surface area contributed by atoms with Gasteiger partial charge in [0.2, 0.25) is 11.8 Å². The Kier molecular flexibility index (Phi) is 6.85. The number of hydrogen-bond acceptors (Lipinski definition) is 5. The third-order valence-electron chi connectivity index (χ3n) is 4.13. The molecule has 0 aliphatic carbocycles. The van der Waals surface area contributed by atoms with Crippen molar-refractivity contribution in [2.24, 2.45) is 0 Å². The molecular formula is C21H20ClN3O3S. The number of hydrogen-bond donors (Lipinski definition) is 1. The van der Waals surface area contributed by atoms with E-state index in [1.54, 1.807) is 55.6 Å². The van der Waals surface area contributed by atoms with Crippen LogP contribution in [-0.2, 0) is 22.6 Å². The molecule has 0 unspecified atom stereocenters. The van der Waals surface area contributed by atoms with Crippen LogP contribution in [0.4, 0.5) is 11.4 Å². The van der Waals surface area contributed by atoms with E-state index in [0.717, 1.165) is 10.7 Å². The molecule has 0 saturated heterocycles. The molecule has 150 valence electrons. The number of carbonyl (C=O) groups is 2. The summed E-state index contributed by atoms with van der Waals surface area (Å²) < 4.78 is 5.67. The zero-order chi connectivity index (χ0) is 20.8. The molecule has 0 radical (unpaired) electrons. The van der Waals surface area contributed by atoms with Crippen molar-refractivity contribution in [2.45, 2.75) is 20.0 Å². The number of anilines is 2. The van der Waals surface area contributed by atoms with Gasteiger partial charge in [-0.2, -0.15) is 0 Å². The summed E-state index contributed by atoms with van der Waals surface area (Å²) in [4.78, 5) is 29.6. The van der Waals surface area contributed by atoms with Crippen molar-refractivity contribution in [3.8, 4) is 5.75 Å². The Hall–Kier alpha value is -2.90. The van der Waals surface area contributed by atoms with E-state index in [9.17, 15) is 9.59 Å². The van der Waals surface area contributed by atoms with Gasteiger partial charge >= 0.3 is 0 Å². The van der Waals surface area contributed by atoms with Gasteiger partial charge in [-0.25, -0.2) is 4.98 Å². The number of benzene rings is 2. The minimum absolute atomic E-state index is 0.0545. The molecule has 8 heteroatoms. The maximum atomic E-state index is 12.3. The lowest BCUT2D eigenvalue weighted by atomic mass is 10.2. The highest BCUT2D eigenvalue weighted by Crippen LogP contribution is 2.19. The summed E-state index contributed by atoms with van der Waals surface area (Å²) in [5.41, 5.74) is 2.12. The Bertz CT molecular complexity index is 987. The highest BCUT2D eigenvalue weighted by molar-refractivity contribution is 7.09. The molecule has 0 bridgehead atoms. The van der Waals surface area contributed by atoms with E-state index in [-0.39, 0.29) is 18.2 Å². The predicted molar refractivity (Wildman–Crippen MR) is 116 cm³/mol. The summed E-state index contributed by atoms with van der Waals surface area (Å²) in [6.45, 7) is 1.83. The molecule has 0 spiro atoms. The molecule has 3 rings (SSSR count). The largest absolute Gasteiger partial charge is 0.486 e. The van der Waals surface area contributed by atoms with Gasteiger partial charge in [0.1, 0.15) is 17.4 Å². The molecule has 0 aliphatic heterocycles. The number of thiazole rings is 1. The van der Waals surface area contributed by atoms with Crippen molar-refractivity contribution in [3.05, 3.63) is 69.6 Å². The van der Waals surface area contributed by atoms with Gasteiger partial charge in [-0.15, -0.1) is 11.3 Å². The van der Waals surface area contributed by atoms with Gasteiger partial charge in [-0.3, -0.25) is 9.59 Å². The number of nitrogens with zero attached hydrogens (tertiary/aromatic N) is 2. The summed E-state index contributed by atoms with van der Waals surface area (Å²) >= 11 is 7.30. The second-order valence-corrected chi connectivity index (χ2v) is 7.70. The van der Waals surface area contributed by atoms with Crippen molar-refractivity contribution in [1.29, 1.82) is 0 Å². The molecule has 29 heavy (non-hydrogen) atoms. The van der Waals surface area contributed by atoms with Crippen LogP contribution in [0.5, 0.6) is 5.75 Å². The molecule has 2 amide bonds. The van der Waals surface area contributed by atoms with Crippen LogP contribution in [0.1, 0.15) is 17.6 Å². The number of ether oxygens (including phenoxy) is 1. The number of halogens is 1. The van der Waals surface area contributed by atoms with Crippen LogP contribution < -0.4 is 15.0 Å². The molecule has 1 heterocycles. The summed E-state index contributed by atoms with van der Waals surface area (Å²) in [6.07, 6.45) is 0.173. The van der Waals surface area contributed by atoms with Crippen LogP contribution in [0, 0.1) is 0 Å². The fraction of sp³-hybridized carbons (Fsp3) is 0.190. The lowest BCUT2D eigenvalue weighted by Gasteiger charge is -2.15. The van der Waals surface area contributed by atoms with Crippen LogP contribution in [0.3, 0.4) is 0 Å². The molecular weight excluding hydrogens is 410 g/mol. The Labute approximate surface area is 178 Å². The molecule has 2 aromatic carbocycles. The second-order valence-electron chi connectivity index (χ2n) is 6.33. The molecule has 0 saturated carbocycles. The standard InChI is InChI=1S/C21H20ClN3O3S/c1-14(26)25(2)18-7-5-16(6-8-18)23-20(27)11-17-13-29-21(24-17)12-28-19-9-3-15(22)4-10-19/h3-10,13H,11-12H2,1-2H3,(H,23,27). The lowest BCUT2D eigenvalue weighted by molar-refractivity contribution is -0.116. The van der Waals surface area contributed by atoms with Gasteiger partial charge in [0.25, 0.3) is 0 Å². The Morgan fingerprint density at radius 2 is 1.83 bits per heavy atom.